The van der Waals surface area contributed by atoms with Crippen molar-refractivity contribution in [3.8, 4) is 0 Å². The van der Waals surface area contributed by atoms with E-state index in [0.29, 0.717) is 12.1 Å². The summed E-state index contributed by atoms with van der Waals surface area (Å²) >= 11 is 0. The smallest absolute Gasteiger partial charge is 0.337 e. The number of methoxy groups -OCH3 is 1. The fourth-order valence-corrected chi connectivity index (χ4v) is 2.08. The van der Waals surface area contributed by atoms with Crippen LogP contribution in [-0.4, -0.2) is 31.6 Å². The van der Waals surface area contributed by atoms with Gasteiger partial charge in [-0.05, 0) is 30.5 Å². The molecule has 0 radical (unpaired) electrons. The van der Waals surface area contributed by atoms with E-state index in [1.165, 1.54) is 7.11 Å². The van der Waals surface area contributed by atoms with Crippen LogP contribution in [0.5, 0.6) is 0 Å². The predicted octanol–water partition coefficient (Wildman–Crippen LogP) is 0.841. The van der Waals surface area contributed by atoms with Crippen LogP contribution in [0.15, 0.2) is 24.3 Å². The summed E-state index contributed by atoms with van der Waals surface area (Å²) in [7, 11) is 1.36. The lowest BCUT2D eigenvalue weighted by atomic mass is 10.1. The highest BCUT2D eigenvalue weighted by atomic mass is 16.5. The molecule has 1 heterocycles. The van der Waals surface area contributed by atoms with Crippen LogP contribution in [0.25, 0.3) is 0 Å². The molecule has 1 atom stereocenters. The Morgan fingerprint density at radius 1 is 1.42 bits per heavy atom. The van der Waals surface area contributed by atoms with Crippen molar-refractivity contribution in [2.45, 2.75) is 25.4 Å². The summed E-state index contributed by atoms with van der Waals surface area (Å²) in [4.78, 5) is 22.8. The molecule has 0 bridgehead atoms. The maximum absolute atomic E-state index is 11.6. The van der Waals surface area contributed by atoms with Gasteiger partial charge < -0.3 is 15.4 Å². The van der Waals surface area contributed by atoms with E-state index in [1.807, 2.05) is 12.1 Å². The van der Waals surface area contributed by atoms with Crippen molar-refractivity contribution < 1.29 is 14.3 Å². The van der Waals surface area contributed by atoms with E-state index in [4.69, 9.17) is 0 Å². The molecule has 0 aliphatic carbocycles. The Balaban J connectivity index is 1.89. The van der Waals surface area contributed by atoms with Gasteiger partial charge in [0.1, 0.15) is 0 Å². The quantitative estimate of drug-likeness (QED) is 0.789. The van der Waals surface area contributed by atoms with Gasteiger partial charge in [-0.2, -0.15) is 0 Å². The van der Waals surface area contributed by atoms with E-state index < -0.39 is 0 Å². The monoisotopic (exact) mass is 262 g/mol. The molecule has 1 aromatic rings. The lowest BCUT2D eigenvalue weighted by molar-refractivity contribution is -0.124. The molecule has 102 valence electrons. The number of esters is 1. The Morgan fingerprint density at radius 2 is 2.16 bits per heavy atom. The molecule has 2 rings (SSSR count). The van der Waals surface area contributed by atoms with E-state index in [1.54, 1.807) is 12.1 Å². The number of hydrogen-bond acceptors (Lipinski definition) is 4. The summed E-state index contributed by atoms with van der Waals surface area (Å²) in [6.07, 6.45) is 1.87. The number of piperidine rings is 1. The molecule has 2 N–H and O–H groups in total. The standard InChI is InChI=1S/C14H18N2O3/c1-19-14(18)11-6-4-10(5-7-11)9-16-12-3-2-8-15-13(12)17/h4-7,12,16H,2-3,8-9H2,1H3,(H,15,17). The number of amides is 1. The number of hydrogen-bond donors (Lipinski definition) is 2. The normalized spacial score (nSPS) is 18.8. The zero-order valence-corrected chi connectivity index (χ0v) is 10.9. The lowest BCUT2D eigenvalue weighted by Gasteiger charge is -2.22. The molecule has 1 aliphatic heterocycles. The summed E-state index contributed by atoms with van der Waals surface area (Å²) in [5.41, 5.74) is 1.56. The highest BCUT2D eigenvalue weighted by molar-refractivity contribution is 5.89. The topological polar surface area (TPSA) is 67.4 Å². The van der Waals surface area contributed by atoms with Crippen molar-refractivity contribution in [1.29, 1.82) is 0 Å². The molecule has 1 saturated heterocycles. The van der Waals surface area contributed by atoms with E-state index >= 15 is 0 Å². The van der Waals surface area contributed by atoms with E-state index in [-0.39, 0.29) is 17.9 Å². The second-order valence-corrected chi connectivity index (χ2v) is 4.56. The molecule has 0 aromatic heterocycles. The zero-order chi connectivity index (χ0) is 13.7. The number of carbonyl (C=O) groups excluding carboxylic acids is 2. The van der Waals surface area contributed by atoms with Gasteiger partial charge in [-0.25, -0.2) is 4.79 Å². The van der Waals surface area contributed by atoms with Crippen LogP contribution < -0.4 is 10.6 Å². The molecule has 1 aromatic carbocycles. The Kier molecular flexibility index (Phi) is 4.52. The molecule has 5 heteroatoms. The second-order valence-electron chi connectivity index (χ2n) is 4.56. The number of rotatable bonds is 4. The first-order valence-electron chi connectivity index (χ1n) is 6.39. The summed E-state index contributed by atoms with van der Waals surface area (Å²) in [5.74, 6) is -0.274. The van der Waals surface area contributed by atoms with Gasteiger partial charge in [0.05, 0.1) is 18.7 Å². The third kappa shape index (κ3) is 3.54. The minimum absolute atomic E-state index is 0.0671. The first kappa shape index (κ1) is 13.5. The van der Waals surface area contributed by atoms with Gasteiger partial charge in [0.15, 0.2) is 0 Å². The van der Waals surface area contributed by atoms with Crippen LogP contribution in [0.1, 0.15) is 28.8 Å². The minimum atomic E-state index is -0.342. The van der Waals surface area contributed by atoms with Gasteiger partial charge in [0.2, 0.25) is 5.91 Å². The highest BCUT2D eigenvalue weighted by Gasteiger charge is 2.20. The van der Waals surface area contributed by atoms with Gasteiger partial charge in [-0.3, -0.25) is 4.79 Å². The molecule has 0 saturated carbocycles. The predicted molar refractivity (Wildman–Crippen MR) is 70.7 cm³/mol. The fourth-order valence-electron chi connectivity index (χ4n) is 2.08. The van der Waals surface area contributed by atoms with E-state index in [9.17, 15) is 9.59 Å². The number of carbonyl (C=O) groups is 2. The zero-order valence-electron chi connectivity index (χ0n) is 10.9. The highest BCUT2D eigenvalue weighted by Crippen LogP contribution is 2.08. The average Bonchev–Trinajstić information content (AvgIpc) is 2.46. The van der Waals surface area contributed by atoms with Crippen molar-refractivity contribution in [1.82, 2.24) is 10.6 Å². The number of ether oxygens (including phenoxy) is 1. The molecule has 1 unspecified atom stereocenters. The molecule has 1 fully saturated rings. The molecular weight excluding hydrogens is 244 g/mol. The first-order valence-corrected chi connectivity index (χ1v) is 6.39. The van der Waals surface area contributed by atoms with Crippen molar-refractivity contribution in [2.75, 3.05) is 13.7 Å². The SMILES string of the molecule is COC(=O)c1ccc(CNC2CCCNC2=O)cc1. The van der Waals surface area contributed by atoms with Gasteiger partial charge in [-0.1, -0.05) is 12.1 Å². The molecule has 5 nitrogen and oxygen atoms in total. The fraction of sp³-hybridized carbons (Fsp3) is 0.429. The van der Waals surface area contributed by atoms with Crippen molar-refractivity contribution in [3.05, 3.63) is 35.4 Å². The summed E-state index contributed by atoms with van der Waals surface area (Å²) in [6, 6.07) is 7.06. The Bertz CT molecular complexity index is 456. The Morgan fingerprint density at radius 3 is 2.79 bits per heavy atom. The van der Waals surface area contributed by atoms with Crippen molar-refractivity contribution >= 4 is 11.9 Å². The van der Waals surface area contributed by atoms with Gasteiger partial charge >= 0.3 is 5.97 Å². The van der Waals surface area contributed by atoms with Crippen molar-refractivity contribution in [3.63, 3.8) is 0 Å². The van der Waals surface area contributed by atoms with Crippen molar-refractivity contribution in [2.24, 2.45) is 0 Å². The van der Waals surface area contributed by atoms with Gasteiger partial charge in [0, 0.05) is 13.1 Å². The molecule has 19 heavy (non-hydrogen) atoms. The van der Waals surface area contributed by atoms with E-state index in [0.717, 1.165) is 24.9 Å². The van der Waals surface area contributed by atoms with Crippen LogP contribution in [0.4, 0.5) is 0 Å². The Hall–Kier alpha value is -1.88. The van der Waals surface area contributed by atoms with Crippen LogP contribution in [0, 0.1) is 0 Å². The van der Waals surface area contributed by atoms with Gasteiger partial charge in [-0.15, -0.1) is 0 Å². The van der Waals surface area contributed by atoms with Crippen LogP contribution in [-0.2, 0) is 16.1 Å². The molecule has 0 spiro atoms. The molecular formula is C14H18N2O3. The van der Waals surface area contributed by atoms with Crippen LogP contribution >= 0.6 is 0 Å². The summed E-state index contributed by atoms with van der Waals surface area (Å²) < 4.78 is 4.64. The van der Waals surface area contributed by atoms with Crippen LogP contribution in [0.3, 0.4) is 0 Å². The maximum Gasteiger partial charge on any atom is 0.337 e. The number of nitrogens with one attached hydrogen (secondary N) is 2. The second kappa shape index (κ2) is 6.33. The third-order valence-corrected chi connectivity index (χ3v) is 3.21. The summed E-state index contributed by atoms with van der Waals surface area (Å²) in [5, 5.41) is 6.06. The molecule has 1 aliphatic rings. The first-order chi connectivity index (χ1) is 9.20. The van der Waals surface area contributed by atoms with E-state index in [2.05, 4.69) is 15.4 Å². The lowest BCUT2D eigenvalue weighted by Crippen LogP contribution is -2.47. The maximum atomic E-state index is 11.6. The minimum Gasteiger partial charge on any atom is -0.465 e. The Labute approximate surface area is 112 Å². The largest absolute Gasteiger partial charge is 0.465 e. The third-order valence-electron chi connectivity index (χ3n) is 3.21. The van der Waals surface area contributed by atoms with Crippen LogP contribution in [0.2, 0.25) is 0 Å². The van der Waals surface area contributed by atoms with Gasteiger partial charge in [0.25, 0.3) is 0 Å². The molecule has 1 amide bonds. The number of benzene rings is 1. The summed E-state index contributed by atoms with van der Waals surface area (Å²) in [6.45, 7) is 1.38. The average molecular weight is 262 g/mol.